The highest BCUT2D eigenvalue weighted by molar-refractivity contribution is 7.15. The van der Waals surface area contributed by atoms with Crippen molar-refractivity contribution >= 4 is 16.3 Å². The van der Waals surface area contributed by atoms with Crippen molar-refractivity contribution in [2.45, 2.75) is 19.5 Å². The van der Waals surface area contributed by atoms with Crippen LogP contribution in [-0.4, -0.2) is 22.7 Å². The van der Waals surface area contributed by atoms with Gasteiger partial charge in [-0.1, -0.05) is 11.3 Å². The molecule has 5 nitrogen and oxygen atoms in total. The minimum absolute atomic E-state index is 0.0103. The standard InChI is InChI=1S/C8H12N2O3S/c1-6(5-11)9-4-7-2-3-8(14-7)10(12)13/h2-3,6,9,11H,4-5H2,1H3/t6-/m0/s1. The van der Waals surface area contributed by atoms with Crippen molar-refractivity contribution in [3.63, 3.8) is 0 Å². The van der Waals surface area contributed by atoms with Crippen LogP contribution >= 0.6 is 11.3 Å². The average Bonchev–Trinajstić information content (AvgIpc) is 2.62. The second-order valence-corrected chi connectivity index (χ2v) is 4.11. The normalized spacial score (nSPS) is 12.7. The van der Waals surface area contributed by atoms with Gasteiger partial charge in [-0.2, -0.15) is 0 Å². The summed E-state index contributed by atoms with van der Waals surface area (Å²) in [5.74, 6) is 0. The molecule has 0 saturated heterocycles. The third-order valence-electron chi connectivity index (χ3n) is 1.73. The Balaban J connectivity index is 2.48. The minimum atomic E-state index is -0.399. The summed E-state index contributed by atoms with van der Waals surface area (Å²) in [7, 11) is 0. The molecule has 1 heterocycles. The maximum atomic E-state index is 10.4. The van der Waals surface area contributed by atoms with Gasteiger partial charge in [0.05, 0.1) is 11.5 Å². The summed E-state index contributed by atoms with van der Waals surface area (Å²) in [4.78, 5) is 10.9. The maximum absolute atomic E-state index is 10.4. The van der Waals surface area contributed by atoms with E-state index in [1.54, 1.807) is 6.07 Å². The molecule has 1 rings (SSSR count). The van der Waals surface area contributed by atoms with Gasteiger partial charge in [-0.05, 0) is 13.0 Å². The highest BCUT2D eigenvalue weighted by Gasteiger charge is 2.09. The van der Waals surface area contributed by atoms with E-state index in [-0.39, 0.29) is 17.6 Å². The smallest absolute Gasteiger partial charge is 0.324 e. The van der Waals surface area contributed by atoms with Gasteiger partial charge in [-0.3, -0.25) is 10.1 Å². The van der Waals surface area contributed by atoms with Crippen molar-refractivity contribution < 1.29 is 10.0 Å². The fraction of sp³-hybridized carbons (Fsp3) is 0.500. The molecule has 1 aromatic heterocycles. The van der Waals surface area contributed by atoms with Gasteiger partial charge in [0.1, 0.15) is 0 Å². The van der Waals surface area contributed by atoms with Gasteiger partial charge in [-0.25, -0.2) is 0 Å². The molecule has 0 aliphatic rings. The van der Waals surface area contributed by atoms with Gasteiger partial charge < -0.3 is 10.4 Å². The Kier molecular flexibility index (Phi) is 3.99. The van der Waals surface area contributed by atoms with Crippen LogP contribution < -0.4 is 5.32 Å². The third-order valence-corrected chi connectivity index (χ3v) is 2.76. The first kappa shape index (κ1) is 11.1. The van der Waals surface area contributed by atoms with Crippen molar-refractivity contribution in [2.24, 2.45) is 0 Å². The molecule has 0 fully saturated rings. The number of rotatable bonds is 5. The van der Waals surface area contributed by atoms with Crippen LogP contribution in [0.25, 0.3) is 0 Å². The molecule has 6 heteroatoms. The molecular weight excluding hydrogens is 204 g/mol. The van der Waals surface area contributed by atoms with Crippen molar-refractivity contribution in [3.05, 3.63) is 27.1 Å². The summed E-state index contributed by atoms with van der Waals surface area (Å²) >= 11 is 1.15. The van der Waals surface area contributed by atoms with Crippen molar-refractivity contribution in [1.29, 1.82) is 0 Å². The third kappa shape index (κ3) is 3.06. The lowest BCUT2D eigenvalue weighted by Gasteiger charge is -2.08. The van der Waals surface area contributed by atoms with E-state index in [2.05, 4.69) is 5.32 Å². The zero-order chi connectivity index (χ0) is 10.6. The highest BCUT2D eigenvalue weighted by atomic mass is 32.1. The summed E-state index contributed by atoms with van der Waals surface area (Å²) in [6.07, 6.45) is 0. The van der Waals surface area contributed by atoms with Crippen LogP contribution in [0.5, 0.6) is 0 Å². The lowest BCUT2D eigenvalue weighted by atomic mass is 10.3. The van der Waals surface area contributed by atoms with E-state index in [1.807, 2.05) is 6.92 Å². The van der Waals surface area contributed by atoms with E-state index in [0.29, 0.717) is 6.54 Å². The molecule has 0 saturated carbocycles. The Labute approximate surface area is 85.5 Å². The Hall–Kier alpha value is -0.980. The topological polar surface area (TPSA) is 75.4 Å². The van der Waals surface area contributed by atoms with Crippen LogP contribution in [0.1, 0.15) is 11.8 Å². The molecule has 78 valence electrons. The largest absolute Gasteiger partial charge is 0.395 e. The van der Waals surface area contributed by atoms with Gasteiger partial charge in [0.2, 0.25) is 0 Å². The predicted octanol–water partition coefficient (Wildman–Crippen LogP) is 1.13. The van der Waals surface area contributed by atoms with E-state index in [1.165, 1.54) is 6.07 Å². The number of hydrogen-bond donors (Lipinski definition) is 2. The second kappa shape index (κ2) is 5.04. The number of nitrogens with zero attached hydrogens (tertiary/aromatic N) is 1. The van der Waals surface area contributed by atoms with Crippen LogP contribution in [0.4, 0.5) is 5.00 Å². The van der Waals surface area contributed by atoms with Crippen LogP contribution in [0.2, 0.25) is 0 Å². The molecule has 0 bridgehead atoms. The highest BCUT2D eigenvalue weighted by Crippen LogP contribution is 2.23. The Morgan fingerprint density at radius 3 is 2.93 bits per heavy atom. The first-order valence-corrected chi connectivity index (χ1v) is 5.02. The lowest BCUT2D eigenvalue weighted by Crippen LogP contribution is -2.28. The molecule has 0 aliphatic heterocycles. The summed E-state index contributed by atoms with van der Waals surface area (Å²) in [6, 6.07) is 3.22. The first-order valence-electron chi connectivity index (χ1n) is 4.21. The molecule has 0 radical (unpaired) electrons. The molecule has 0 aromatic carbocycles. The van der Waals surface area contributed by atoms with Crippen molar-refractivity contribution in [3.8, 4) is 0 Å². The van der Waals surface area contributed by atoms with E-state index < -0.39 is 4.92 Å². The molecule has 0 spiro atoms. The van der Waals surface area contributed by atoms with Gasteiger partial charge in [0.15, 0.2) is 0 Å². The van der Waals surface area contributed by atoms with Crippen LogP contribution in [0.15, 0.2) is 12.1 Å². The first-order chi connectivity index (χ1) is 6.63. The average molecular weight is 216 g/mol. The second-order valence-electron chi connectivity index (χ2n) is 2.96. The number of nitro groups is 1. The molecule has 0 aliphatic carbocycles. The number of thiophene rings is 1. The number of hydrogen-bond acceptors (Lipinski definition) is 5. The van der Waals surface area contributed by atoms with Gasteiger partial charge >= 0.3 is 5.00 Å². The fourth-order valence-corrected chi connectivity index (χ4v) is 1.67. The van der Waals surface area contributed by atoms with Crippen LogP contribution in [-0.2, 0) is 6.54 Å². The fourth-order valence-electron chi connectivity index (χ4n) is 0.899. The zero-order valence-electron chi connectivity index (χ0n) is 7.77. The molecule has 14 heavy (non-hydrogen) atoms. The molecular formula is C8H12N2O3S. The van der Waals surface area contributed by atoms with Gasteiger partial charge in [0.25, 0.3) is 0 Å². The summed E-state index contributed by atoms with van der Waals surface area (Å²) < 4.78 is 0. The molecule has 2 N–H and O–H groups in total. The van der Waals surface area contributed by atoms with Crippen LogP contribution in [0, 0.1) is 10.1 Å². The summed E-state index contributed by atoms with van der Waals surface area (Å²) in [5.41, 5.74) is 0. The van der Waals surface area contributed by atoms with E-state index >= 15 is 0 Å². The predicted molar refractivity (Wildman–Crippen MR) is 54.4 cm³/mol. The number of aliphatic hydroxyl groups is 1. The Morgan fingerprint density at radius 2 is 2.43 bits per heavy atom. The molecule has 1 aromatic rings. The summed E-state index contributed by atoms with van der Waals surface area (Å²) in [6.45, 7) is 2.47. The molecule has 0 amide bonds. The zero-order valence-corrected chi connectivity index (χ0v) is 8.58. The SMILES string of the molecule is C[C@@H](CO)NCc1ccc([N+](=O)[O-])s1. The quantitative estimate of drug-likeness (QED) is 0.571. The maximum Gasteiger partial charge on any atom is 0.324 e. The minimum Gasteiger partial charge on any atom is -0.395 e. The van der Waals surface area contributed by atoms with Gasteiger partial charge in [-0.15, -0.1) is 0 Å². The lowest BCUT2D eigenvalue weighted by molar-refractivity contribution is -0.380. The number of aliphatic hydroxyl groups excluding tert-OH is 1. The van der Waals surface area contributed by atoms with E-state index in [9.17, 15) is 10.1 Å². The Bertz CT molecular complexity index is 313. The van der Waals surface area contributed by atoms with Crippen molar-refractivity contribution in [1.82, 2.24) is 5.32 Å². The van der Waals surface area contributed by atoms with E-state index in [4.69, 9.17) is 5.11 Å². The Morgan fingerprint density at radius 1 is 1.71 bits per heavy atom. The number of nitrogens with one attached hydrogen (secondary N) is 1. The monoisotopic (exact) mass is 216 g/mol. The molecule has 0 unspecified atom stereocenters. The summed E-state index contributed by atoms with van der Waals surface area (Å²) in [5, 5.41) is 22.3. The molecule has 1 atom stereocenters. The van der Waals surface area contributed by atoms with Crippen molar-refractivity contribution in [2.75, 3.05) is 6.61 Å². The van der Waals surface area contributed by atoms with Gasteiger partial charge in [0, 0.05) is 23.5 Å². The van der Waals surface area contributed by atoms with E-state index in [0.717, 1.165) is 16.2 Å². The van der Waals surface area contributed by atoms with Crippen LogP contribution in [0.3, 0.4) is 0 Å².